The van der Waals surface area contributed by atoms with Crippen molar-refractivity contribution in [3.8, 4) is 0 Å². The minimum atomic E-state index is -4.95. The molecule has 0 aromatic rings. The van der Waals surface area contributed by atoms with E-state index in [9.17, 15) is 43.5 Å². The second-order valence-corrected chi connectivity index (χ2v) is 27.6. The van der Waals surface area contributed by atoms with Crippen LogP contribution in [0.2, 0.25) is 0 Å². The van der Waals surface area contributed by atoms with E-state index in [1.165, 1.54) is 57.8 Å². The third-order valence-electron chi connectivity index (χ3n) is 15.2. The van der Waals surface area contributed by atoms with Crippen molar-refractivity contribution in [2.45, 2.75) is 296 Å². The Hall–Kier alpha value is -4.83. The third-order valence-corrected chi connectivity index (χ3v) is 17.1. The number of carbonyl (C=O) groups excluding carboxylic acids is 3. The van der Waals surface area contributed by atoms with Crippen molar-refractivity contribution in [2.24, 2.45) is 0 Å². The number of phosphoric acid groups is 2. The maximum atomic E-state index is 12.9. The number of ether oxygens (including phenoxy) is 3. The van der Waals surface area contributed by atoms with E-state index in [0.717, 1.165) is 154 Å². The van der Waals surface area contributed by atoms with Gasteiger partial charge in [-0.3, -0.25) is 32.5 Å². The van der Waals surface area contributed by atoms with Crippen LogP contribution in [0, 0.1) is 0 Å². The number of phosphoric ester groups is 2. The zero-order valence-corrected chi connectivity index (χ0v) is 63.1. The van der Waals surface area contributed by atoms with Gasteiger partial charge in [-0.15, -0.1) is 0 Å². The molecule has 0 rings (SSSR count). The second kappa shape index (κ2) is 72.9. The lowest BCUT2D eigenvalue weighted by Crippen LogP contribution is -2.30. The molecule has 0 spiro atoms. The number of allylic oxidation sites excluding steroid dienone is 26. The van der Waals surface area contributed by atoms with Crippen LogP contribution in [0.5, 0.6) is 0 Å². The fourth-order valence-electron chi connectivity index (χ4n) is 9.59. The molecule has 0 heterocycles. The molecule has 0 aromatic carbocycles. The molecule has 99 heavy (non-hydrogen) atoms. The Bertz CT molecular complexity index is 2430. The predicted molar refractivity (Wildman–Crippen MR) is 408 cm³/mol. The van der Waals surface area contributed by atoms with Crippen LogP contribution in [0.4, 0.5) is 0 Å². The average Bonchev–Trinajstić information content (AvgIpc) is 2.18. The monoisotopic (exact) mass is 1420 g/mol. The lowest BCUT2D eigenvalue weighted by atomic mass is 10.0. The summed E-state index contributed by atoms with van der Waals surface area (Å²) >= 11 is 0. The largest absolute Gasteiger partial charge is 0.472 e. The number of carbonyl (C=O) groups is 3. The Morgan fingerprint density at radius 1 is 0.283 bits per heavy atom. The topological polar surface area (TPSA) is 231 Å². The third kappa shape index (κ3) is 74.2. The minimum Gasteiger partial charge on any atom is -0.463 e. The van der Waals surface area contributed by atoms with Crippen LogP contribution in [-0.4, -0.2) is 95.9 Å². The van der Waals surface area contributed by atoms with Crippen molar-refractivity contribution in [1.29, 1.82) is 0 Å². The van der Waals surface area contributed by atoms with Crippen molar-refractivity contribution in [2.75, 3.05) is 39.6 Å². The molecule has 0 aliphatic rings. The molecule has 0 amide bonds. The van der Waals surface area contributed by atoms with Gasteiger partial charge >= 0.3 is 33.6 Å². The van der Waals surface area contributed by atoms with Gasteiger partial charge in [-0.25, -0.2) is 9.13 Å². The number of hydrogen-bond donors (Lipinski definition) is 4. The van der Waals surface area contributed by atoms with Crippen LogP contribution in [0.3, 0.4) is 0 Å². The van der Waals surface area contributed by atoms with E-state index >= 15 is 0 Å². The lowest BCUT2D eigenvalue weighted by Gasteiger charge is -2.21. The number of unbranched alkanes of at least 4 members (excludes halogenated alkanes) is 21. The number of rotatable bonds is 70. The summed E-state index contributed by atoms with van der Waals surface area (Å²) in [7, 11) is -9.81. The number of aliphatic hydroxyl groups excluding tert-OH is 2. The average molecular weight is 1430 g/mol. The highest BCUT2D eigenvalue weighted by atomic mass is 31.2. The van der Waals surface area contributed by atoms with E-state index in [0.29, 0.717) is 25.7 Å². The van der Waals surface area contributed by atoms with Gasteiger partial charge in [0.15, 0.2) is 6.10 Å². The first-order valence-electron chi connectivity index (χ1n) is 37.8. The van der Waals surface area contributed by atoms with Gasteiger partial charge in [-0.2, -0.15) is 0 Å². The summed E-state index contributed by atoms with van der Waals surface area (Å²) in [4.78, 5) is 58.5. The van der Waals surface area contributed by atoms with Crippen molar-refractivity contribution >= 4 is 33.6 Å². The molecule has 0 saturated carbocycles. The molecule has 18 heteroatoms. The van der Waals surface area contributed by atoms with Gasteiger partial charge < -0.3 is 34.2 Å². The first kappa shape index (κ1) is 94.2. The summed E-state index contributed by atoms with van der Waals surface area (Å²) in [5.41, 5.74) is 0. The normalized spacial score (nSPS) is 14.9. The molecule has 564 valence electrons. The van der Waals surface area contributed by atoms with E-state index in [1.807, 2.05) is 12.2 Å². The maximum absolute atomic E-state index is 12.9. The number of hydrogen-bond acceptors (Lipinski definition) is 14. The summed E-state index contributed by atoms with van der Waals surface area (Å²) in [6.45, 7) is 2.25. The number of aliphatic hydroxyl groups is 2. The van der Waals surface area contributed by atoms with E-state index < -0.39 is 91.5 Å². The van der Waals surface area contributed by atoms with E-state index in [4.69, 9.17) is 32.3 Å². The Morgan fingerprint density at radius 2 is 0.515 bits per heavy atom. The Balaban J connectivity index is 4.57. The fourth-order valence-corrected chi connectivity index (χ4v) is 11.2. The molecule has 0 saturated heterocycles. The van der Waals surface area contributed by atoms with Crippen molar-refractivity contribution in [3.63, 3.8) is 0 Å². The fraction of sp³-hybridized carbons (Fsp3) is 0.642. The standard InChI is InChI=1S/C81H134O16P2/c1-4-7-10-13-16-19-22-25-28-31-32-33-34-35-36-37-38-39-40-41-42-45-47-49-52-55-58-61-64-67-79(84)91-70-76(82)71-93-98(87,88)94-72-77(83)73-95-99(89,90)96-75-78(97-81(86)69-66-63-60-57-54-51-48-44-30-27-24-21-18-15-12-9-6-3)74-92-80(85)68-65-62-59-56-53-50-46-43-29-26-23-20-17-14-11-8-5-2/h7-12,16-21,25-30,32-33,35-36,46,50,56,59,76-78,82-83H,4-6,13-15,22-24,31,34,37-45,47-49,51-55,57-58,60-75H2,1-3H3,(H,87,88)(H,89,90)/b10-7-,11-8-,12-9-,19-16-,20-17-,21-18-,28-25-,29-26-,30-27-,33-32-,36-35-,50-46-,59-56-. The molecule has 0 radical (unpaired) electrons. The van der Waals surface area contributed by atoms with E-state index in [2.05, 4.69) is 167 Å². The molecular formula is C81H134O16P2. The zero-order chi connectivity index (χ0) is 72.3. The Kier molecular flexibility index (Phi) is 69.4. The van der Waals surface area contributed by atoms with Crippen LogP contribution in [0.1, 0.15) is 278 Å². The summed E-state index contributed by atoms with van der Waals surface area (Å²) < 4.78 is 61.0. The predicted octanol–water partition coefficient (Wildman–Crippen LogP) is 21.9. The summed E-state index contributed by atoms with van der Waals surface area (Å²) in [6, 6.07) is 0. The Morgan fingerprint density at radius 3 is 0.838 bits per heavy atom. The van der Waals surface area contributed by atoms with Gasteiger partial charge in [0.1, 0.15) is 25.4 Å². The van der Waals surface area contributed by atoms with E-state index in [-0.39, 0.29) is 19.3 Å². The van der Waals surface area contributed by atoms with Crippen LogP contribution in [0.25, 0.3) is 0 Å². The van der Waals surface area contributed by atoms with Crippen molar-refractivity contribution in [3.05, 3.63) is 158 Å². The molecule has 0 aliphatic heterocycles. The van der Waals surface area contributed by atoms with Crippen molar-refractivity contribution in [1.82, 2.24) is 0 Å². The second-order valence-electron chi connectivity index (χ2n) is 24.7. The van der Waals surface area contributed by atoms with Crippen LogP contribution < -0.4 is 0 Å². The van der Waals surface area contributed by atoms with Crippen LogP contribution in [-0.2, 0) is 55.8 Å². The van der Waals surface area contributed by atoms with Crippen molar-refractivity contribution < 1.29 is 75.8 Å². The van der Waals surface area contributed by atoms with Crippen LogP contribution in [0.15, 0.2) is 158 Å². The molecule has 0 aromatic heterocycles. The zero-order valence-electron chi connectivity index (χ0n) is 61.4. The SMILES string of the molecule is CC/C=C\C/C=C\C/C=C\C/C=C\C/C=C\CCCCCCCCCCCCCCCC(=O)OCC(O)COP(=O)(O)OCC(O)COP(=O)(O)OCC(COC(=O)CCC/C=C\C/C=C\C/C=C\C/C=C\C/C=C\CC)OC(=O)CCCCCCCCC/C=C\C/C=C\C/C=C\CC. The van der Waals surface area contributed by atoms with Gasteiger partial charge in [0.2, 0.25) is 0 Å². The van der Waals surface area contributed by atoms with E-state index in [1.54, 1.807) is 0 Å². The Labute approximate surface area is 600 Å². The first-order valence-corrected chi connectivity index (χ1v) is 40.8. The smallest absolute Gasteiger partial charge is 0.463 e. The van der Waals surface area contributed by atoms with Gasteiger partial charge in [0.05, 0.1) is 26.4 Å². The lowest BCUT2D eigenvalue weighted by molar-refractivity contribution is -0.161. The molecule has 4 N–H and O–H groups in total. The van der Waals surface area contributed by atoms with Crippen LogP contribution >= 0.6 is 15.6 Å². The van der Waals surface area contributed by atoms with Gasteiger partial charge in [-0.1, -0.05) is 281 Å². The number of esters is 3. The molecule has 0 bridgehead atoms. The van der Waals surface area contributed by atoms with Gasteiger partial charge in [0.25, 0.3) is 0 Å². The highest BCUT2D eigenvalue weighted by molar-refractivity contribution is 7.47. The first-order chi connectivity index (χ1) is 48.2. The highest BCUT2D eigenvalue weighted by Gasteiger charge is 2.29. The molecule has 16 nitrogen and oxygen atoms in total. The molecular weight excluding hydrogens is 1290 g/mol. The molecule has 5 atom stereocenters. The minimum absolute atomic E-state index is 0.0763. The molecule has 0 fully saturated rings. The maximum Gasteiger partial charge on any atom is 0.472 e. The quantitative estimate of drug-likeness (QED) is 0.0146. The summed E-state index contributed by atoms with van der Waals surface area (Å²) in [6.07, 6.45) is 90.2. The molecule has 5 unspecified atom stereocenters. The van der Waals surface area contributed by atoms with Gasteiger partial charge in [0, 0.05) is 19.3 Å². The summed E-state index contributed by atoms with van der Waals surface area (Å²) in [5.74, 6) is -1.66. The summed E-state index contributed by atoms with van der Waals surface area (Å²) in [5, 5.41) is 20.6. The highest BCUT2D eigenvalue weighted by Crippen LogP contribution is 2.45. The van der Waals surface area contributed by atoms with Gasteiger partial charge in [-0.05, 0) is 135 Å². The molecule has 0 aliphatic carbocycles.